The Labute approximate surface area is 129 Å². The Balaban J connectivity index is 1.87. The van der Waals surface area contributed by atoms with Crippen LogP contribution in [0.2, 0.25) is 0 Å². The average molecular weight is 308 g/mol. The highest BCUT2D eigenvalue weighted by atomic mass is 32.2. The van der Waals surface area contributed by atoms with Gasteiger partial charge in [0.2, 0.25) is 0 Å². The van der Waals surface area contributed by atoms with E-state index >= 15 is 0 Å². The molecule has 1 aliphatic heterocycles. The fraction of sp³-hybridized carbons (Fsp3) is 0.533. The van der Waals surface area contributed by atoms with Gasteiger partial charge in [0.05, 0.1) is 22.4 Å². The Morgan fingerprint density at radius 2 is 2.05 bits per heavy atom. The van der Waals surface area contributed by atoms with Crippen LogP contribution in [0.4, 0.5) is 0 Å². The second-order valence-electron chi connectivity index (χ2n) is 5.21. The van der Waals surface area contributed by atoms with Gasteiger partial charge in [0.15, 0.2) is 0 Å². The average Bonchev–Trinajstić information content (AvgIpc) is 2.98. The summed E-state index contributed by atoms with van der Waals surface area (Å²) in [6, 6.07) is 3.54. The number of aromatic nitrogens is 1. The summed E-state index contributed by atoms with van der Waals surface area (Å²) in [6.45, 7) is 5.30. The van der Waals surface area contributed by atoms with Crippen molar-refractivity contribution in [3.8, 4) is 0 Å². The third-order valence-electron chi connectivity index (χ3n) is 3.08. The van der Waals surface area contributed by atoms with Gasteiger partial charge in [0, 0.05) is 19.3 Å². The first kappa shape index (κ1) is 15.8. The van der Waals surface area contributed by atoms with E-state index in [9.17, 15) is 9.59 Å². The molecule has 1 aromatic heterocycles. The number of amides is 1. The SMILES string of the molecule is CC(C)OC(=O)CSc1ccc(C(=O)N2CCCC2)cn1. The van der Waals surface area contributed by atoms with E-state index in [4.69, 9.17) is 4.74 Å². The van der Waals surface area contributed by atoms with Gasteiger partial charge in [-0.1, -0.05) is 11.8 Å². The van der Waals surface area contributed by atoms with E-state index < -0.39 is 0 Å². The standard InChI is InChI=1S/C15H20N2O3S/c1-11(2)20-14(18)10-21-13-6-5-12(9-16-13)15(19)17-7-3-4-8-17/h5-6,9,11H,3-4,7-8,10H2,1-2H3. The lowest BCUT2D eigenvalue weighted by molar-refractivity contribution is -0.144. The minimum Gasteiger partial charge on any atom is -0.462 e. The third-order valence-corrected chi connectivity index (χ3v) is 4.00. The van der Waals surface area contributed by atoms with Gasteiger partial charge in [-0.05, 0) is 38.8 Å². The van der Waals surface area contributed by atoms with Gasteiger partial charge in [-0.15, -0.1) is 0 Å². The van der Waals surface area contributed by atoms with Gasteiger partial charge in [0.1, 0.15) is 0 Å². The molecule has 1 amide bonds. The minimum atomic E-state index is -0.256. The van der Waals surface area contributed by atoms with Crippen LogP contribution >= 0.6 is 11.8 Å². The van der Waals surface area contributed by atoms with Crippen molar-refractivity contribution in [1.82, 2.24) is 9.88 Å². The second-order valence-corrected chi connectivity index (χ2v) is 6.21. The molecule has 0 unspecified atom stereocenters. The summed E-state index contributed by atoms with van der Waals surface area (Å²) in [5.41, 5.74) is 0.603. The Morgan fingerprint density at radius 3 is 2.62 bits per heavy atom. The summed E-state index contributed by atoms with van der Waals surface area (Å²) in [4.78, 5) is 29.7. The van der Waals surface area contributed by atoms with Crippen LogP contribution in [0.25, 0.3) is 0 Å². The molecule has 0 saturated carbocycles. The molecule has 21 heavy (non-hydrogen) atoms. The fourth-order valence-electron chi connectivity index (χ4n) is 2.12. The van der Waals surface area contributed by atoms with Gasteiger partial charge in [-0.25, -0.2) is 4.98 Å². The number of thioether (sulfide) groups is 1. The molecule has 0 bridgehead atoms. The lowest BCUT2D eigenvalue weighted by atomic mass is 10.2. The molecule has 114 valence electrons. The van der Waals surface area contributed by atoms with E-state index in [-0.39, 0.29) is 23.7 Å². The number of carbonyl (C=O) groups is 2. The molecule has 6 heteroatoms. The molecular formula is C15H20N2O3S. The maximum Gasteiger partial charge on any atom is 0.316 e. The summed E-state index contributed by atoms with van der Waals surface area (Å²) in [5, 5.41) is 0.716. The van der Waals surface area contributed by atoms with Crippen molar-refractivity contribution in [1.29, 1.82) is 0 Å². The number of ether oxygens (including phenoxy) is 1. The quantitative estimate of drug-likeness (QED) is 0.617. The predicted octanol–water partition coefficient (Wildman–Crippen LogP) is 2.36. The molecule has 0 radical (unpaired) electrons. The topological polar surface area (TPSA) is 59.5 Å². The fourth-order valence-corrected chi connectivity index (χ4v) is 2.75. The van der Waals surface area contributed by atoms with Gasteiger partial charge < -0.3 is 9.64 Å². The smallest absolute Gasteiger partial charge is 0.316 e. The molecule has 2 rings (SSSR count). The van der Waals surface area contributed by atoms with Crippen molar-refractivity contribution in [3.63, 3.8) is 0 Å². The molecule has 0 aliphatic carbocycles. The zero-order chi connectivity index (χ0) is 15.2. The molecule has 1 aromatic rings. The Morgan fingerprint density at radius 1 is 1.33 bits per heavy atom. The van der Waals surface area contributed by atoms with Crippen molar-refractivity contribution in [3.05, 3.63) is 23.9 Å². The molecule has 0 atom stereocenters. The summed E-state index contributed by atoms with van der Waals surface area (Å²) in [5.74, 6) is 0.00899. The summed E-state index contributed by atoms with van der Waals surface area (Å²) in [7, 11) is 0. The maximum absolute atomic E-state index is 12.2. The summed E-state index contributed by atoms with van der Waals surface area (Å²) < 4.78 is 5.05. The van der Waals surface area contributed by atoms with Crippen LogP contribution in [0.3, 0.4) is 0 Å². The van der Waals surface area contributed by atoms with Crippen molar-refractivity contribution >= 4 is 23.6 Å². The van der Waals surface area contributed by atoms with Crippen LogP contribution in [-0.4, -0.2) is 46.7 Å². The summed E-state index contributed by atoms with van der Waals surface area (Å²) >= 11 is 1.31. The molecule has 1 saturated heterocycles. The Kier molecular flexibility index (Phi) is 5.61. The molecule has 5 nitrogen and oxygen atoms in total. The predicted molar refractivity (Wildman–Crippen MR) is 81.3 cm³/mol. The highest BCUT2D eigenvalue weighted by Gasteiger charge is 2.19. The number of hydrogen-bond donors (Lipinski definition) is 0. The van der Waals surface area contributed by atoms with Gasteiger partial charge in [0.25, 0.3) is 5.91 Å². The lowest BCUT2D eigenvalue weighted by Crippen LogP contribution is -2.27. The molecule has 2 heterocycles. The number of carbonyl (C=O) groups excluding carboxylic acids is 2. The van der Waals surface area contributed by atoms with E-state index in [0.29, 0.717) is 10.6 Å². The van der Waals surface area contributed by atoms with Gasteiger partial charge in [-0.2, -0.15) is 0 Å². The molecule has 0 spiro atoms. The highest BCUT2D eigenvalue weighted by Crippen LogP contribution is 2.17. The Bertz CT molecular complexity index is 496. The van der Waals surface area contributed by atoms with Crippen LogP contribution in [0, 0.1) is 0 Å². The van der Waals surface area contributed by atoms with E-state index in [1.54, 1.807) is 18.3 Å². The number of hydrogen-bond acceptors (Lipinski definition) is 5. The summed E-state index contributed by atoms with van der Waals surface area (Å²) in [6.07, 6.45) is 3.62. The van der Waals surface area contributed by atoms with E-state index in [2.05, 4.69) is 4.98 Å². The number of likely N-dealkylation sites (tertiary alicyclic amines) is 1. The molecule has 0 N–H and O–H groups in total. The van der Waals surface area contributed by atoms with Crippen LogP contribution in [0.15, 0.2) is 23.4 Å². The van der Waals surface area contributed by atoms with Crippen LogP contribution in [-0.2, 0) is 9.53 Å². The maximum atomic E-state index is 12.2. The van der Waals surface area contributed by atoms with E-state index in [1.165, 1.54) is 11.8 Å². The zero-order valence-corrected chi connectivity index (χ0v) is 13.2. The largest absolute Gasteiger partial charge is 0.462 e. The zero-order valence-electron chi connectivity index (χ0n) is 12.4. The number of esters is 1. The van der Waals surface area contributed by atoms with E-state index in [0.717, 1.165) is 25.9 Å². The molecule has 0 aromatic carbocycles. The van der Waals surface area contributed by atoms with Crippen molar-refractivity contribution in [2.45, 2.75) is 37.8 Å². The highest BCUT2D eigenvalue weighted by molar-refractivity contribution is 7.99. The number of pyridine rings is 1. The van der Waals surface area contributed by atoms with Gasteiger partial charge >= 0.3 is 5.97 Å². The van der Waals surface area contributed by atoms with Crippen LogP contribution in [0.5, 0.6) is 0 Å². The van der Waals surface area contributed by atoms with E-state index in [1.807, 2.05) is 18.7 Å². The van der Waals surface area contributed by atoms with Crippen molar-refractivity contribution in [2.75, 3.05) is 18.8 Å². The van der Waals surface area contributed by atoms with Crippen LogP contribution in [0.1, 0.15) is 37.0 Å². The first-order valence-electron chi connectivity index (χ1n) is 7.14. The molecule has 1 fully saturated rings. The van der Waals surface area contributed by atoms with Crippen molar-refractivity contribution in [2.24, 2.45) is 0 Å². The minimum absolute atomic E-state index is 0.0377. The second kappa shape index (κ2) is 7.45. The molecule has 1 aliphatic rings. The third kappa shape index (κ3) is 4.74. The first-order valence-corrected chi connectivity index (χ1v) is 8.12. The lowest BCUT2D eigenvalue weighted by Gasteiger charge is -2.14. The van der Waals surface area contributed by atoms with Crippen molar-refractivity contribution < 1.29 is 14.3 Å². The monoisotopic (exact) mass is 308 g/mol. The van der Waals surface area contributed by atoms with Gasteiger partial charge in [-0.3, -0.25) is 9.59 Å². The van der Waals surface area contributed by atoms with Crippen LogP contribution < -0.4 is 0 Å². The normalized spacial score (nSPS) is 14.5. The number of rotatable bonds is 5. The first-order chi connectivity index (χ1) is 10.1. The molecular weight excluding hydrogens is 288 g/mol. The Hall–Kier alpha value is -1.56. The number of nitrogens with zero attached hydrogens (tertiary/aromatic N) is 2.